The van der Waals surface area contributed by atoms with E-state index in [4.69, 9.17) is 14.2 Å². The summed E-state index contributed by atoms with van der Waals surface area (Å²) in [6.45, 7) is 3.65. The van der Waals surface area contributed by atoms with E-state index in [1.165, 1.54) is 32.1 Å². The van der Waals surface area contributed by atoms with Crippen molar-refractivity contribution in [3.63, 3.8) is 0 Å². The molecule has 0 radical (unpaired) electrons. The molecular formula is C20H22N2O6. The smallest absolute Gasteiger partial charge is 0.355 e. The highest BCUT2D eigenvalue weighted by molar-refractivity contribution is 6.06. The van der Waals surface area contributed by atoms with Crippen LogP contribution in [0.5, 0.6) is 5.75 Å². The van der Waals surface area contributed by atoms with Crippen LogP contribution in [0.15, 0.2) is 53.9 Å². The zero-order valence-electron chi connectivity index (χ0n) is 16.1. The predicted octanol–water partition coefficient (Wildman–Crippen LogP) is 2.53. The van der Waals surface area contributed by atoms with Crippen LogP contribution in [0.3, 0.4) is 0 Å². The van der Waals surface area contributed by atoms with Gasteiger partial charge < -0.3 is 24.4 Å². The van der Waals surface area contributed by atoms with Crippen LogP contribution >= 0.6 is 0 Å². The van der Waals surface area contributed by atoms with Crippen LogP contribution in [-0.4, -0.2) is 38.7 Å². The maximum absolute atomic E-state index is 12.6. The van der Waals surface area contributed by atoms with Crippen LogP contribution in [-0.2, 0) is 23.9 Å². The molecule has 0 fully saturated rings. The molecule has 0 aliphatic carbocycles. The highest BCUT2D eigenvalue weighted by Gasteiger charge is 2.29. The molecule has 0 bridgehead atoms. The van der Waals surface area contributed by atoms with Crippen molar-refractivity contribution in [3.05, 3.63) is 53.9 Å². The minimum absolute atomic E-state index is 0.00920. The maximum Gasteiger partial charge on any atom is 0.355 e. The lowest BCUT2D eigenvalue weighted by Gasteiger charge is -2.26. The summed E-state index contributed by atoms with van der Waals surface area (Å²) in [7, 11) is 2.44. The minimum atomic E-state index is -0.743. The van der Waals surface area contributed by atoms with Gasteiger partial charge in [0.05, 0.1) is 37.8 Å². The first-order valence-electron chi connectivity index (χ1n) is 8.52. The summed E-state index contributed by atoms with van der Waals surface area (Å²) >= 11 is 0. The summed E-state index contributed by atoms with van der Waals surface area (Å²) in [5.41, 5.74) is 0.797. The van der Waals surface area contributed by atoms with Gasteiger partial charge in [0.2, 0.25) is 5.91 Å². The van der Waals surface area contributed by atoms with Crippen molar-refractivity contribution in [3.8, 4) is 5.75 Å². The third-order valence-electron chi connectivity index (χ3n) is 3.74. The predicted molar refractivity (Wildman–Crippen MR) is 104 cm³/mol. The summed E-state index contributed by atoms with van der Waals surface area (Å²) in [5.74, 6) is -1.21. The Morgan fingerprint density at radius 1 is 1.07 bits per heavy atom. The zero-order valence-corrected chi connectivity index (χ0v) is 16.1. The quantitative estimate of drug-likeness (QED) is 0.751. The van der Waals surface area contributed by atoms with E-state index >= 15 is 0 Å². The van der Waals surface area contributed by atoms with Gasteiger partial charge >= 0.3 is 11.9 Å². The van der Waals surface area contributed by atoms with Gasteiger partial charge in [-0.3, -0.25) is 4.79 Å². The summed E-state index contributed by atoms with van der Waals surface area (Å²) in [6.07, 6.45) is 6.28. The normalized spacial score (nSPS) is 13.1. The molecule has 0 saturated carbocycles. The van der Waals surface area contributed by atoms with Crippen LogP contribution in [0, 0.1) is 0 Å². The molecule has 1 aliphatic rings. The minimum Gasteiger partial charge on any atom is -0.494 e. The number of nitrogens with zero attached hydrogens (tertiary/aromatic N) is 1. The molecule has 28 heavy (non-hydrogen) atoms. The first-order chi connectivity index (χ1) is 13.4. The molecule has 2 rings (SSSR count). The molecule has 0 unspecified atom stereocenters. The number of hydrogen-bond acceptors (Lipinski definition) is 7. The molecule has 0 saturated heterocycles. The number of allylic oxidation sites excluding steroid dienone is 2. The van der Waals surface area contributed by atoms with Gasteiger partial charge in [-0.1, -0.05) is 6.08 Å². The second-order valence-electron chi connectivity index (χ2n) is 5.61. The average molecular weight is 386 g/mol. The van der Waals surface area contributed by atoms with Crippen molar-refractivity contribution < 1.29 is 28.6 Å². The van der Waals surface area contributed by atoms with Gasteiger partial charge in [0.25, 0.3) is 0 Å². The van der Waals surface area contributed by atoms with Gasteiger partial charge in [-0.2, -0.15) is 0 Å². The Morgan fingerprint density at radius 2 is 1.79 bits per heavy atom. The van der Waals surface area contributed by atoms with E-state index in [0.29, 0.717) is 23.7 Å². The molecule has 1 aromatic rings. The van der Waals surface area contributed by atoms with Crippen LogP contribution in [0.1, 0.15) is 13.8 Å². The highest BCUT2D eigenvalue weighted by atomic mass is 16.5. The number of nitrogens with one attached hydrogen (secondary N) is 1. The molecule has 1 aromatic carbocycles. The molecule has 0 spiro atoms. The molecule has 148 valence electrons. The number of methoxy groups -OCH3 is 2. The Kier molecular flexibility index (Phi) is 6.97. The van der Waals surface area contributed by atoms with Crippen LogP contribution < -0.4 is 15.0 Å². The Hall–Kier alpha value is -3.55. The van der Waals surface area contributed by atoms with Crippen molar-refractivity contribution in [2.75, 3.05) is 31.0 Å². The van der Waals surface area contributed by atoms with E-state index in [1.807, 2.05) is 6.92 Å². The second-order valence-corrected chi connectivity index (χ2v) is 5.61. The summed E-state index contributed by atoms with van der Waals surface area (Å²) in [5, 5.41) is 2.71. The molecule has 1 aliphatic heterocycles. The molecule has 1 amide bonds. The van der Waals surface area contributed by atoms with E-state index in [0.717, 1.165) is 0 Å². The molecule has 0 aromatic heterocycles. The Balaban J connectivity index is 2.73. The van der Waals surface area contributed by atoms with Gasteiger partial charge in [-0.05, 0) is 31.2 Å². The number of amides is 1. The largest absolute Gasteiger partial charge is 0.494 e. The number of anilines is 2. The molecule has 0 atom stereocenters. The number of hydrogen-bond donors (Lipinski definition) is 1. The van der Waals surface area contributed by atoms with Crippen molar-refractivity contribution in [2.45, 2.75) is 13.8 Å². The number of carbonyl (C=O) groups is 3. The third-order valence-corrected chi connectivity index (χ3v) is 3.74. The summed E-state index contributed by atoms with van der Waals surface area (Å²) in [4.78, 5) is 37.9. The fourth-order valence-corrected chi connectivity index (χ4v) is 2.61. The second kappa shape index (κ2) is 9.40. The topological polar surface area (TPSA) is 94.2 Å². The third kappa shape index (κ3) is 4.59. The van der Waals surface area contributed by atoms with Gasteiger partial charge in [0.1, 0.15) is 11.4 Å². The first kappa shape index (κ1) is 20.8. The standard InChI is InChI=1S/C20H22N2O6/c1-5-28-14-9-10-16(21-13(2)23)17(12-14)22-11-7-6-8-15(19(24)26-3)18(22)20(25)27-4/h6-12H,5H2,1-4H3,(H,21,23). The number of esters is 2. The van der Waals surface area contributed by atoms with Gasteiger partial charge in [0, 0.05) is 19.2 Å². The van der Waals surface area contributed by atoms with Crippen LogP contribution in [0.25, 0.3) is 0 Å². The Bertz CT molecular complexity index is 869. The van der Waals surface area contributed by atoms with E-state index in [2.05, 4.69) is 5.32 Å². The van der Waals surface area contributed by atoms with Crippen LogP contribution in [0.2, 0.25) is 0 Å². The summed E-state index contributed by atoms with van der Waals surface area (Å²) < 4.78 is 15.2. The molecule has 1 N–H and O–H groups in total. The van der Waals surface area contributed by atoms with E-state index < -0.39 is 11.9 Å². The van der Waals surface area contributed by atoms with Crippen LogP contribution in [0.4, 0.5) is 11.4 Å². The Morgan fingerprint density at radius 3 is 2.39 bits per heavy atom. The molecular weight excluding hydrogens is 364 g/mol. The Labute approximate surface area is 163 Å². The zero-order chi connectivity index (χ0) is 20.7. The fraction of sp³-hybridized carbons (Fsp3) is 0.250. The molecule has 8 heteroatoms. The average Bonchev–Trinajstić information content (AvgIpc) is 2.90. The lowest BCUT2D eigenvalue weighted by molar-refractivity contribution is -0.139. The van der Waals surface area contributed by atoms with Crippen molar-refractivity contribution >= 4 is 29.2 Å². The van der Waals surface area contributed by atoms with E-state index in [-0.39, 0.29) is 17.2 Å². The molecule has 8 nitrogen and oxygen atoms in total. The van der Waals surface area contributed by atoms with Gasteiger partial charge in [-0.25, -0.2) is 9.59 Å². The van der Waals surface area contributed by atoms with Gasteiger partial charge in [0.15, 0.2) is 0 Å². The lowest BCUT2D eigenvalue weighted by Crippen LogP contribution is -2.27. The van der Waals surface area contributed by atoms with Crippen molar-refractivity contribution in [2.24, 2.45) is 0 Å². The number of benzene rings is 1. The maximum atomic E-state index is 12.6. The lowest BCUT2D eigenvalue weighted by atomic mass is 10.1. The van der Waals surface area contributed by atoms with E-state index in [9.17, 15) is 14.4 Å². The van der Waals surface area contributed by atoms with E-state index in [1.54, 1.807) is 36.6 Å². The number of ether oxygens (including phenoxy) is 3. The number of rotatable bonds is 6. The fourth-order valence-electron chi connectivity index (χ4n) is 2.61. The highest BCUT2D eigenvalue weighted by Crippen LogP contribution is 2.35. The number of carbonyl (C=O) groups excluding carboxylic acids is 3. The van der Waals surface area contributed by atoms with Crippen molar-refractivity contribution in [1.29, 1.82) is 0 Å². The molecule has 1 heterocycles. The summed E-state index contributed by atoms with van der Waals surface area (Å²) in [6, 6.07) is 5.00. The monoisotopic (exact) mass is 386 g/mol. The first-order valence-corrected chi connectivity index (χ1v) is 8.52. The van der Waals surface area contributed by atoms with Crippen molar-refractivity contribution in [1.82, 2.24) is 0 Å². The SMILES string of the molecule is CCOc1ccc(NC(C)=O)c(N2C=CC=CC(C(=O)OC)=C2C(=O)OC)c1. The van der Waals surface area contributed by atoms with Gasteiger partial charge in [-0.15, -0.1) is 0 Å².